The predicted octanol–water partition coefficient (Wildman–Crippen LogP) is 5.17. The van der Waals surface area contributed by atoms with Crippen molar-refractivity contribution in [3.63, 3.8) is 0 Å². The van der Waals surface area contributed by atoms with Crippen LogP contribution in [-0.2, 0) is 6.42 Å². The first-order chi connectivity index (χ1) is 11.7. The second-order valence-electron chi connectivity index (χ2n) is 6.20. The molecule has 3 rings (SSSR count). The third-order valence-corrected chi connectivity index (χ3v) is 4.09. The van der Waals surface area contributed by atoms with Crippen LogP contribution >= 0.6 is 0 Å². The number of hydrogen-bond acceptors (Lipinski definition) is 3. The maximum absolute atomic E-state index is 4.67. The minimum absolute atomic E-state index is 0.729. The highest BCUT2D eigenvalue weighted by atomic mass is 15.0. The third kappa shape index (κ3) is 3.85. The Morgan fingerprint density at radius 2 is 1.25 bits per heavy atom. The Balaban J connectivity index is 1.92. The van der Waals surface area contributed by atoms with Gasteiger partial charge in [-0.1, -0.05) is 67.4 Å². The van der Waals surface area contributed by atoms with Crippen molar-refractivity contribution >= 4 is 0 Å². The van der Waals surface area contributed by atoms with Crippen LogP contribution in [0, 0.1) is 13.8 Å². The van der Waals surface area contributed by atoms with Crippen molar-refractivity contribution in [2.75, 3.05) is 0 Å². The van der Waals surface area contributed by atoms with E-state index in [0.717, 1.165) is 35.0 Å². The zero-order valence-electron chi connectivity index (χ0n) is 14.6. The maximum Gasteiger partial charge on any atom is 0.163 e. The smallest absolute Gasteiger partial charge is 0.163 e. The molecule has 3 aromatic rings. The molecule has 0 fully saturated rings. The molecular weight excluding hydrogens is 294 g/mol. The van der Waals surface area contributed by atoms with Crippen LogP contribution in [0.3, 0.4) is 0 Å². The molecule has 0 radical (unpaired) electrons. The summed E-state index contributed by atoms with van der Waals surface area (Å²) >= 11 is 0. The molecule has 0 unspecified atom stereocenters. The first-order valence-electron chi connectivity index (χ1n) is 8.55. The van der Waals surface area contributed by atoms with Gasteiger partial charge in [-0.3, -0.25) is 0 Å². The van der Waals surface area contributed by atoms with Crippen LogP contribution in [0.5, 0.6) is 0 Å². The lowest BCUT2D eigenvalue weighted by molar-refractivity contribution is 0.795. The van der Waals surface area contributed by atoms with Crippen LogP contribution in [0.15, 0.2) is 48.5 Å². The summed E-state index contributed by atoms with van der Waals surface area (Å²) < 4.78 is 0. The van der Waals surface area contributed by atoms with E-state index in [4.69, 9.17) is 0 Å². The van der Waals surface area contributed by atoms with Crippen LogP contribution in [0.2, 0.25) is 0 Å². The molecule has 0 N–H and O–H groups in total. The predicted molar refractivity (Wildman–Crippen MR) is 98.8 cm³/mol. The summed E-state index contributed by atoms with van der Waals surface area (Å²) in [4.78, 5) is 13.7. The largest absolute Gasteiger partial charge is 0.213 e. The first kappa shape index (κ1) is 16.3. The SMILES string of the molecule is CCCCc1ccc(-c2nc(C)nc(-c3ccc(C)cc3)n2)cc1. The van der Waals surface area contributed by atoms with Gasteiger partial charge in [-0.15, -0.1) is 0 Å². The zero-order valence-corrected chi connectivity index (χ0v) is 14.6. The van der Waals surface area contributed by atoms with E-state index in [1.165, 1.54) is 24.0 Å². The van der Waals surface area contributed by atoms with Gasteiger partial charge in [0, 0.05) is 11.1 Å². The normalized spacial score (nSPS) is 10.8. The Labute approximate surface area is 143 Å². The summed E-state index contributed by atoms with van der Waals surface area (Å²) in [6.07, 6.45) is 3.57. The molecule has 0 saturated carbocycles. The number of benzene rings is 2. The van der Waals surface area contributed by atoms with Crippen molar-refractivity contribution in [1.29, 1.82) is 0 Å². The average molecular weight is 317 g/mol. The van der Waals surface area contributed by atoms with Crippen molar-refractivity contribution in [2.24, 2.45) is 0 Å². The molecule has 2 aromatic carbocycles. The van der Waals surface area contributed by atoms with Gasteiger partial charge in [-0.05, 0) is 32.3 Å². The van der Waals surface area contributed by atoms with Gasteiger partial charge in [-0.25, -0.2) is 15.0 Å². The van der Waals surface area contributed by atoms with E-state index in [0.29, 0.717) is 0 Å². The van der Waals surface area contributed by atoms with Gasteiger partial charge in [0.2, 0.25) is 0 Å². The van der Waals surface area contributed by atoms with Crippen molar-refractivity contribution < 1.29 is 0 Å². The van der Waals surface area contributed by atoms with Crippen LogP contribution in [0.25, 0.3) is 22.8 Å². The molecule has 1 heterocycles. The molecule has 0 saturated heterocycles. The van der Waals surface area contributed by atoms with Crippen LogP contribution in [0.4, 0.5) is 0 Å². The van der Waals surface area contributed by atoms with E-state index in [9.17, 15) is 0 Å². The molecule has 3 nitrogen and oxygen atoms in total. The van der Waals surface area contributed by atoms with Crippen molar-refractivity contribution in [2.45, 2.75) is 40.0 Å². The Hall–Kier alpha value is -2.55. The number of nitrogens with zero attached hydrogens (tertiary/aromatic N) is 3. The first-order valence-corrected chi connectivity index (χ1v) is 8.55. The lowest BCUT2D eigenvalue weighted by Crippen LogP contribution is -1.99. The third-order valence-electron chi connectivity index (χ3n) is 4.09. The van der Waals surface area contributed by atoms with E-state index in [1.54, 1.807) is 0 Å². The Morgan fingerprint density at radius 1 is 0.708 bits per heavy atom. The molecule has 0 aliphatic heterocycles. The van der Waals surface area contributed by atoms with Crippen LogP contribution in [-0.4, -0.2) is 15.0 Å². The molecule has 0 spiro atoms. The van der Waals surface area contributed by atoms with Gasteiger partial charge in [0.05, 0.1) is 0 Å². The van der Waals surface area contributed by atoms with Gasteiger partial charge in [-0.2, -0.15) is 0 Å². The lowest BCUT2D eigenvalue weighted by Gasteiger charge is -2.07. The fourth-order valence-electron chi connectivity index (χ4n) is 2.64. The molecule has 0 atom stereocenters. The highest BCUT2D eigenvalue weighted by Gasteiger charge is 2.08. The summed E-state index contributed by atoms with van der Waals surface area (Å²) in [5.41, 5.74) is 4.65. The minimum Gasteiger partial charge on any atom is -0.213 e. The van der Waals surface area contributed by atoms with Gasteiger partial charge >= 0.3 is 0 Å². The van der Waals surface area contributed by atoms with Crippen molar-refractivity contribution in [1.82, 2.24) is 15.0 Å². The van der Waals surface area contributed by atoms with Crippen molar-refractivity contribution in [3.05, 3.63) is 65.5 Å². The van der Waals surface area contributed by atoms with Gasteiger partial charge in [0.25, 0.3) is 0 Å². The van der Waals surface area contributed by atoms with E-state index in [2.05, 4.69) is 77.3 Å². The summed E-state index contributed by atoms with van der Waals surface area (Å²) in [7, 11) is 0. The molecule has 3 heteroatoms. The summed E-state index contributed by atoms with van der Waals surface area (Å²) in [5, 5.41) is 0. The summed E-state index contributed by atoms with van der Waals surface area (Å²) in [6.45, 7) is 6.21. The monoisotopic (exact) mass is 317 g/mol. The summed E-state index contributed by atoms with van der Waals surface area (Å²) in [5.74, 6) is 2.21. The number of hydrogen-bond donors (Lipinski definition) is 0. The zero-order chi connectivity index (χ0) is 16.9. The van der Waals surface area contributed by atoms with E-state index in [-0.39, 0.29) is 0 Å². The van der Waals surface area contributed by atoms with E-state index < -0.39 is 0 Å². The standard InChI is InChI=1S/C21H23N3/c1-4-5-6-17-9-13-19(14-10-17)21-23-16(3)22-20(24-21)18-11-7-15(2)8-12-18/h7-14H,4-6H2,1-3H3. The number of aryl methyl sites for hydroxylation is 3. The maximum atomic E-state index is 4.67. The van der Waals surface area contributed by atoms with Gasteiger partial charge in [0.1, 0.15) is 5.82 Å². The van der Waals surface area contributed by atoms with E-state index in [1.807, 2.05) is 6.92 Å². The van der Waals surface area contributed by atoms with E-state index >= 15 is 0 Å². The van der Waals surface area contributed by atoms with Crippen LogP contribution < -0.4 is 0 Å². The minimum atomic E-state index is 0.729. The molecule has 1 aromatic heterocycles. The summed E-state index contributed by atoms with van der Waals surface area (Å²) in [6, 6.07) is 16.8. The number of rotatable bonds is 5. The molecule has 0 aliphatic rings. The van der Waals surface area contributed by atoms with Gasteiger partial charge in [0.15, 0.2) is 11.6 Å². The second kappa shape index (κ2) is 7.35. The van der Waals surface area contributed by atoms with Crippen LogP contribution in [0.1, 0.15) is 36.7 Å². The Kier molecular flexibility index (Phi) is 4.99. The van der Waals surface area contributed by atoms with Crippen molar-refractivity contribution in [3.8, 4) is 22.8 Å². The highest BCUT2D eigenvalue weighted by molar-refractivity contribution is 5.61. The Morgan fingerprint density at radius 3 is 1.79 bits per heavy atom. The molecule has 122 valence electrons. The highest BCUT2D eigenvalue weighted by Crippen LogP contribution is 2.21. The van der Waals surface area contributed by atoms with Gasteiger partial charge < -0.3 is 0 Å². The fourth-order valence-corrected chi connectivity index (χ4v) is 2.64. The molecular formula is C21H23N3. The fraction of sp³-hybridized carbons (Fsp3) is 0.286. The molecule has 0 bridgehead atoms. The molecule has 24 heavy (non-hydrogen) atoms. The lowest BCUT2D eigenvalue weighted by atomic mass is 10.1. The number of aromatic nitrogens is 3. The number of unbranched alkanes of at least 4 members (excludes halogenated alkanes) is 1. The molecule has 0 amide bonds. The second-order valence-corrected chi connectivity index (χ2v) is 6.20. The molecule has 0 aliphatic carbocycles. The average Bonchev–Trinajstić information content (AvgIpc) is 2.60. The Bertz CT molecular complexity index is 805. The quantitative estimate of drug-likeness (QED) is 0.652. The topological polar surface area (TPSA) is 38.7 Å².